The maximum atomic E-state index is 13.2. The van der Waals surface area contributed by atoms with Gasteiger partial charge in [-0.3, -0.25) is 0 Å². The lowest BCUT2D eigenvalue weighted by Gasteiger charge is -2.34. The average molecular weight is 478 g/mol. The molecule has 0 atom stereocenters. The molecule has 1 aromatic carbocycles. The Morgan fingerprint density at radius 3 is 2.68 bits per heavy atom. The first kappa shape index (κ1) is 22.3. The summed E-state index contributed by atoms with van der Waals surface area (Å²) in [5.74, 6) is 0.670. The lowest BCUT2D eigenvalue weighted by atomic mass is 10.1. The summed E-state index contributed by atoms with van der Waals surface area (Å²) in [5.41, 5.74) is 4.10. The van der Waals surface area contributed by atoms with Crippen molar-refractivity contribution in [2.75, 3.05) is 54.3 Å². The van der Waals surface area contributed by atoms with Crippen molar-refractivity contribution in [2.45, 2.75) is 11.8 Å². The Hall–Kier alpha value is -3.50. The summed E-state index contributed by atoms with van der Waals surface area (Å²) in [7, 11) is -1.70. The van der Waals surface area contributed by atoms with Crippen LogP contribution in [0.3, 0.4) is 0 Å². The topological polar surface area (TPSA) is 94.6 Å². The summed E-state index contributed by atoms with van der Waals surface area (Å²) in [6.45, 7) is 9.93. The number of fused-ring (bicyclic) bond motifs is 3. The Kier molecular flexibility index (Phi) is 5.70. The monoisotopic (exact) mass is 477 g/mol. The van der Waals surface area contributed by atoms with E-state index >= 15 is 0 Å². The maximum absolute atomic E-state index is 13.2. The number of anilines is 4. The zero-order valence-electron chi connectivity index (χ0n) is 19.3. The Bertz CT molecular complexity index is 1350. The van der Waals surface area contributed by atoms with Crippen molar-refractivity contribution < 1.29 is 8.42 Å². The number of aryl methyl sites for hydroxylation is 1. The van der Waals surface area contributed by atoms with E-state index in [2.05, 4.69) is 55.8 Å². The fraction of sp³-hybridized carbons (Fsp3) is 0.292. The Balaban J connectivity index is 1.46. The summed E-state index contributed by atoms with van der Waals surface area (Å²) < 4.78 is 27.7. The highest BCUT2D eigenvalue weighted by Crippen LogP contribution is 2.40. The quantitative estimate of drug-likeness (QED) is 0.561. The number of hydrogen-bond donors (Lipinski definition) is 1. The molecule has 0 radical (unpaired) electrons. The van der Waals surface area contributed by atoms with E-state index in [1.165, 1.54) is 22.3 Å². The number of nitrogens with one attached hydrogen (secondary N) is 1. The summed E-state index contributed by atoms with van der Waals surface area (Å²) in [4.78, 5) is 18.0. The molecule has 9 nitrogen and oxygen atoms in total. The second kappa shape index (κ2) is 8.69. The zero-order valence-corrected chi connectivity index (χ0v) is 20.1. The average Bonchev–Trinajstić information content (AvgIpc) is 2.83. The molecule has 2 aliphatic rings. The molecule has 176 valence electrons. The third-order valence-corrected chi connectivity index (χ3v) is 7.98. The van der Waals surface area contributed by atoms with E-state index in [-0.39, 0.29) is 11.4 Å². The van der Waals surface area contributed by atoms with Gasteiger partial charge in [0.05, 0.1) is 12.7 Å². The van der Waals surface area contributed by atoms with Crippen LogP contribution < -0.4 is 14.5 Å². The highest BCUT2D eigenvalue weighted by molar-refractivity contribution is 7.93. The van der Waals surface area contributed by atoms with Gasteiger partial charge in [-0.05, 0) is 49.9 Å². The van der Waals surface area contributed by atoms with Crippen LogP contribution in [0.5, 0.6) is 0 Å². The molecule has 4 heterocycles. The smallest absolute Gasteiger partial charge is 0.269 e. The number of pyridine rings is 1. The molecular formula is C24H27N7O2S. The summed E-state index contributed by atoms with van der Waals surface area (Å²) in [6.07, 6.45) is 4.47. The fourth-order valence-corrected chi connectivity index (χ4v) is 5.80. The number of nitrogens with zero attached hydrogens (tertiary/aromatic N) is 6. The van der Waals surface area contributed by atoms with Crippen LogP contribution in [0.25, 0.3) is 11.3 Å². The van der Waals surface area contributed by atoms with Crippen LogP contribution in [-0.4, -0.2) is 68.0 Å². The Morgan fingerprint density at radius 1 is 1.15 bits per heavy atom. The predicted molar refractivity (Wildman–Crippen MR) is 134 cm³/mol. The van der Waals surface area contributed by atoms with Crippen LogP contribution in [0.2, 0.25) is 0 Å². The van der Waals surface area contributed by atoms with Crippen LogP contribution in [-0.2, 0) is 10.0 Å². The second-order valence-corrected chi connectivity index (χ2v) is 10.4. The molecule has 1 N–H and O–H groups in total. The molecular weight excluding hydrogens is 450 g/mol. The van der Waals surface area contributed by atoms with E-state index < -0.39 is 10.0 Å². The minimum atomic E-state index is -3.84. The zero-order chi connectivity index (χ0) is 23.9. The molecule has 2 aliphatic heterocycles. The van der Waals surface area contributed by atoms with E-state index in [1.807, 2.05) is 19.1 Å². The first-order valence-corrected chi connectivity index (χ1v) is 12.6. The van der Waals surface area contributed by atoms with Gasteiger partial charge in [-0.2, -0.15) is 0 Å². The molecule has 1 saturated heterocycles. The van der Waals surface area contributed by atoms with Crippen LogP contribution in [0.15, 0.2) is 60.3 Å². The first-order chi connectivity index (χ1) is 16.4. The Morgan fingerprint density at radius 2 is 1.94 bits per heavy atom. The van der Waals surface area contributed by atoms with Crippen LogP contribution in [0, 0.1) is 6.92 Å². The highest BCUT2D eigenvalue weighted by atomic mass is 32.2. The van der Waals surface area contributed by atoms with Crippen LogP contribution in [0.1, 0.15) is 5.56 Å². The van der Waals surface area contributed by atoms with Crippen molar-refractivity contribution in [1.29, 1.82) is 0 Å². The van der Waals surface area contributed by atoms with Crippen molar-refractivity contribution in [2.24, 2.45) is 0 Å². The molecule has 5 rings (SSSR count). The van der Waals surface area contributed by atoms with E-state index in [0.29, 0.717) is 23.0 Å². The number of rotatable bonds is 5. The van der Waals surface area contributed by atoms with Gasteiger partial charge >= 0.3 is 0 Å². The second-order valence-electron chi connectivity index (χ2n) is 8.52. The molecule has 1 fully saturated rings. The van der Waals surface area contributed by atoms with Gasteiger partial charge in [0.25, 0.3) is 10.0 Å². The standard InChI is InChI=1S/C24H27N7O2S/c1-4-10-31-23-19(6-5-9-25-23)22-21(34(31,32)33)16-26-24(28-22)27-20-8-7-18(15-17(20)2)30-13-11-29(3)12-14-30/h4-9,15-16H,1,10-14H2,2-3H3,(H,26,27,28). The van der Waals surface area contributed by atoms with Gasteiger partial charge < -0.3 is 15.1 Å². The van der Waals surface area contributed by atoms with Gasteiger partial charge in [0.15, 0.2) is 5.82 Å². The van der Waals surface area contributed by atoms with Crippen LogP contribution >= 0.6 is 0 Å². The van der Waals surface area contributed by atoms with Crippen molar-refractivity contribution >= 4 is 33.2 Å². The summed E-state index contributed by atoms with van der Waals surface area (Å²) >= 11 is 0. The van der Waals surface area contributed by atoms with E-state index in [0.717, 1.165) is 37.4 Å². The Labute approximate surface area is 199 Å². The highest BCUT2D eigenvalue weighted by Gasteiger charge is 2.37. The molecule has 0 saturated carbocycles. The minimum Gasteiger partial charge on any atom is -0.369 e. The van der Waals surface area contributed by atoms with Crippen molar-refractivity contribution in [1.82, 2.24) is 19.9 Å². The predicted octanol–water partition coefficient (Wildman–Crippen LogP) is 3.04. The van der Waals surface area contributed by atoms with Gasteiger partial charge in [-0.25, -0.2) is 27.7 Å². The molecule has 0 bridgehead atoms. The summed E-state index contributed by atoms with van der Waals surface area (Å²) in [5, 5.41) is 3.26. The number of aromatic nitrogens is 3. The molecule has 0 spiro atoms. The van der Waals surface area contributed by atoms with E-state index in [9.17, 15) is 8.42 Å². The molecule has 0 amide bonds. The maximum Gasteiger partial charge on any atom is 0.269 e. The normalized spacial score (nSPS) is 17.1. The lowest BCUT2D eigenvalue weighted by Crippen LogP contribution is -2.44. The number of piperazine rings is 1. The summed E-state index contributed by atoms with van der Waals surface area (Å²) in [6, 6.07) is 9.85. The molecule has 0 unspecified atom stereocenters. The number of sulfonamides is 1. The third kappa shape index (κ3) is 3.88. The fourth-order valence-electron chi connectivity index (χ4n) is 4.30. The molecule has 34 heavy (non-hydrogen) atoms. The van der Waals surface area contributed by atoms with Gasteiger partial charge in [-0.15, -0.1) is 6.58 Å². The van der Waals surface area contributed by atoms with Crippen molar-refractivity contribution in [3.05, 3.63) is 60.9 Å². The minimum absolute atomic E-state index is 0.0579. The third-order valence-electron chi connectivity index (χ3n) is 6.22. The van der Waals surface area contributed by atoms with Gasteiger partial charge in [0.2, 0.25) is 5.95 Å². The van der Waals surface area contributed by atoms with E-state index in [1.54, 1.807) is 12.3 Å². The van der Waals surface area contributed by atoms with Gasteiger partial charge in [-0.1, -0.05) is 6.08 Å². The van der Waals surface area contributed by atoms with Crippen LogP contribution in [0.4, 0.5) is 23.1 Å². The molecule has 3 aromatic rings. The number of hydrogen-bond acceptors (Lipinski definition) is 8. The molecule has 10 heteroatoms. The molecule has 2 aromatic heterocycles. The SMILES string of the molecule is C=CCN1c2ncccc2-c2nc(Nc3ccc(N4CCN(C)CC4)cc3C)ncc2S1(=O)=O. The lowest BCUT2D eigenvalue weighted by molar-refractivity contribution is 0.313. The number of likely N-dealkylation sites (N-methyl/N-ethyl adjacent to an activating group) is 1. The number of benzene rings is 1. The molecule has 0 aliphatic carbocycles. The first-order valence-electron chi connectivity index (χ1n) is 11.2. The van der Waals surface area contributed by atoms with E-state index in [4.69, 9.17) is 0 Å². The largest absolute Gasteiger partial charge is 0.369 e. The van der Waals surface area contributed by atoms with Crippen molar-refractivity contribution in [3.8, 4) is 11.3 Å². The van der Waals surface area contributed by atoms with Gasteiger partial charge in [0, 0.05) is 49.3 Å². The van der Waals surface area contributed by atoms with Gasteiger partial charge in [0.1, 0.15) is 10.6 Å². The van der Waals surface area contributed by atoms with Crippen molar-refractivity contribution in [3.63, 3.8) is 0 Å².